The highest BCUT2D eigenvalue weighted by Crippen LogP contribution is 2.21. The summed E-state index contributed by atoms with van der Waals surface area (Å²) in [7, 11) is 0. The molecule has 1 aliphatic heterocycles. The predicted molar refractivity (Wildman–Crippen MR) is 94.8 cm³/mol. The molecule has 0 radical (unpaired) electrons. The number of furan rings is 1. The number of benzene rings is 1. The molecule has 1 saturated heterocycles. The molecule has 3 rings (SSSR count). The molecular weight excluding hydrogens is 334 g/mol. The molecule has 2 aromatic rings. The standard InChI is InChI=1S/C19H23N3O4/c1-13-10-21(12-15-5-7-16(8-6-15)18(23)20-25)11-14(2)22(13)19(24)17-4-3-9-26-17/h3-9,13-14,25H,10-12H2,1-2H3,(H,20,23)/t13-,14+. The summed E-state index contributed by atoms with van der Waals surface area (Å²) in [6.07, 6.45) is 1.51. The second kappa shape index (κ2) is 7.72. The molecule has 2 amide bonds. The van der Waals surface area contributed by atoms with Gasteiger partial charge in [-0.15, -0.1) is 0 Å². The SMILES string of the molecule is C[C@@H]1CN(Cc2ccc(C(=O)NO)cc2)C[C@H](C)N1C(=O)c1ccco1. The Labute approximate surface area is 152 Å². The van der Waals surface area contributed by atoms with Gasteiger partial charge < -0.3 is 9.32 Å². The number of carbonyl (C=O) groups excluding carboxylic acids is 2. The lowest BCUT2D eigenvalue weighted by Gasteiger charge is -2.44. The molecule has 1 aliphatic rings. The van der Waals surface area contributed by atoms with E-state index in [0.29, 0.717) is 11.3 Å². The fourth-order valence-corrected chi connectivity index (χ4v) is 3.57. The summed E-state index contributed by atoms with van der Waals surface area (Å²) in [5, 5.41) is 8.67. The topological polar surface area (TPSA) is 86.0 Å². The third kappa shape index (κ3) is 3.79. The van der Waals surface area contributed by atoms with Crippen LogP contribution in [0.25, 0.3) is 0 Å². The Kier molecular flexibility index (Phi) is 5.39. The number of carbonyl (C=O) groups is 2. The fourth-order valence-electron chi connectivity index (χ4n) is 3.57. The Morgan fingerprint density at radius 1 is 1.15 bits per heavy atom. The van der Waals surface area contributed by atoms with Crippen molar-refractivity contribution in [2.24, 2.45) is 0 Å². The fraction of sp³-hybridized carbons (Fsp3) is 0.368. The molecule has 0 saturated carbocycles. The van der Waals surface area contributed by atoms with Crippen molar-refractivity contribution in [3.05, 3.63) is 59.5 Å². The van der Waals surface area contributed by atoms with Crippen LogP contribution in [-0.2, 0) is 6.54 Å². The van der Waals surface area contributed by atoms with Gasteiger partial charge in [0.25, 0.3) is 11.8 Å². The second-order valence-electron chi connectivity index (χ2n) is 6.72. The van der Waals surface area contributed by atoms with Gasteiger partial charge in [0.05, 0.1) is 6.26 Å². The van der Waals surface area contributed by atoms with Gasteiger partial charge in [0, 0.05) is 37.3 Å². The lowest BCUT2D eigenvalue weighted by molar-refractivity contribution is 0.0243. The van der Waals surface area contributed by atoms with E-state index in [1.807, 2.05) is 30.9 Å². The summed E-state index contributed by atoms with van der Waals surface area (Å²) in [5.41, 5.74) is 3.11. The van der Waals surface area contributed by atoms with Crippen molar-refractivity contribution in [2.45, 2.75) is 32.5 Å². The van der Waals surface area contributed by atoms with E-state index in [0.717, 1.165) is 25.2 Å². The molecule has 0 unspecified atom stereocenters. The second-order valence-corrected chi connectivity index (χ2v) is 6.72. The normalized spacial score (nSPS) is 20.8. The van der Waals surface area contributed by atoms with Crippen LogP contribution in [0.3, 0.4) is 0 Å². The molecule has 138 valence electrons. The van der Waals surface area contributed by atoms with Crippen LogP contribution in [0.1, 0.15) is 40.3 Å². The first kappa shape index (κ1) is 18.2. The molecule has 2 heterocycles. The molecule has 1 aromatic carbocycles. The van der Waals surface area contributed by atoms with Crippen molar-refractivity contribution >= 4 is 11.8 Å². The Morgan fingerprint density at radius 2 is 1.81 bits per heavy atom. The van der Waals surface area contributed by atoms with Crippen LogP contribution in [0, 0.1) is 0 Å². The van der Waals surface area contributed by atoms with Crippen LogP contribution in [0.4, 0.5) is 0 Å². The monoisotopic (exact) mass is 357 g/mol. The number of piperazine rings is 1. The summed E-state index contributed by atoms with van der Waals surface area (Å²) in [4.78, 5) is 28.2. The third-order valence-electron chi connectivity index (χ3n) is 4.68. The zero-order valence-electron chi connectivity index (χ0n) is 14.9. The van der Waals surface area contributed by atoms with E-state index in [1.54, 1.807) is 29.7 Å². The number of rotatable bonds is 4. The van der Waals surface area contributed by atoms with Crippen molar-refractivity contribution in [1.29, 1.82) is 0 Å². The maximum Gasteiger partial charge on any atom is 0.290 e. The molecular formula is C19H23N3O4. The molecule has 2 atom stereocenters. The summed E-state index contributed by atoms with van der Waals surface area (Å²) in [5.74, 6) is -0.229. The van der Waals surface area contributed by atoms with E-state index in [4.69, 9.17) is 9.62 Å². The van der Waals surface area contributed by atoms with E-state index in [9.17, 15) is 9.59 Å². The number of nitrogens with one attached hydrogen (secondary N) is 1. The minimum absolute atomic E-state index is 0.0655. The van der Waals surface area contributed by atoms with Crippen LogP contribution in [0.15, 0.2) is 47.1 Å². The summed E-state index contributed by atoms with van der Waals surface area (Å²) < 4.78 is 5.25. The predicted octanol–water partition coefficient (Wildman–Crippen LogP) is 2.13. The Balaban J connectivity index is 1.64. The van der Waals surface area contributed by atoms with Gasteiger partial charge >= 0.3 is 0 Å². The van der Waals surface area contributed by atoms with Gasteiger partial charge in [-0.1, -0.05) is 12.1 Å². The highest BCUT2D eigenvalue weighted by molar-refractivity contribution is 5.93. The van der Waals surface area contributed by atoms with Crippen LogP contribution < -0.4 is 5.48 Å². The number of nitrogens with zero attached hydrogens (tertiary/aromatic N) is 2. The molecule has 26 heavy (non-hydrogen) atoms. The molecule has 0 spiro atoms. The van der Waals surface area contributed by atoms with E-state index in [-0.39, 0.29) is 18.0 Å². The van der Waals surface area contributed by atoms with Crippen molar-refractivity contribution in [3.8, 4) is 0 Å². The van der Waals surface area contributed by atoms with Crippen LogP contribution in [-0.4, -0.2) is 52.0 Å². The van der Waals surface area contributed by atoms with Gasteiger partial charge in [-0.25, -0.2) is 5.48 Å². The highest BCUT2D eigenvalue weighted by atomic mass is 16.5. The van der Waals surface area contributed by atoms with Gasteiger partial charge in [-0.05, 0) is 43.7 Å². The zero-order valence-corrected chi connectivity index (χ0v) is 14.9. The average Bonchev–Trinajstić information content (AvgIpc) is 3.15. The van der Waals surface area contributed by atoms with E-state index < -0.39 is 5.91 Å². The minimum Gasteiger partial charge on any atom is -0.459 e. The highest BCUT2D eigenvalue weighted by Gasteiger charge is 2.34. The Bertz CT molecular complexity index is 746. The van der Waals surface area contributed by atoms with Gasteiger partial charge in [-0.2, -0.15) is 0 Å². The van der Waals surface area contributed by atoms with Gasteiger partial charge in [-0.3, -0.25) is 19.7 Å². The molecule has 0 bridgehead atoms. The van der Waals surface area contributed by atoms with Gasteiger partial charge in [0.15, 0.2) is 5.76 Å². The van der Waals surface area contributed by atoms with Crippen LogP contribution in [0.2, 0.25) is 0 Å². The van der Waals surface area contributed by atoms with Crippen molar-refractivity contribution in [2.75, 3.05) is 13.1 Å². The maximum atomic E-state index is 12.6. The summed E-state index contributed by atoms with van der Waals surface area (Å²) in [6.45, 7) is 6.33. The summed E-state index contributed by atoms with van der Waals surface area (Å²) >= 11 is 0. The molecule has 0 aliphatic carbocycles. The molecule has 1 aromatic heterocycles. The summed E-state index contributed by atoms with van der Waals surface area (Å²) in [6, 6.07) is 10.7. The number of hydroxylamine groups is 1. The first-order chi connectivity index (χ1) is 12.5. The van der Waals surface area contributed by atoms with Crippen molar-refractivity contribution < 1.29 is 19.2 Å². The van der Waals surface area contributed by atoms with E-state index in [2.05, 4.69) is 4.90 Å². The first-order valence-electron chi connectivity index (χ1n) is 8.61. The number of amides is 2. The van der Waals surface area contributed by atoms with E-state index in [1.165, 1.54) is 6.26 Å². The lowest BCUT2D eigenvalue weighted by Crippen LogP contribution is -2.58. The minimum atomic E-state index is -0.524. The third-order valence-corrected chi connectivity index (χ3v) is 4.68. The zero-order chi connectivity index (χ0) is 18.7. The molecule has 7 heteroatoms. The van der Waals surface area contributed by atoms with Crippen LogP contribution >= 0.6 is 0 Å². The Hall–Kier alpha value is -2.64. The molecule has 1 fully saturated rings. The van der Waals surface area contributed by atoms with Gasteiger partial charge in [0.2, 0.25) is 0 Å². The maximum absolute atomic E-state index is 12.6. The van der Waals surface area contributed by atoms with Gasteiger partial charge in [0.1, 0.15) is 0 Å². The lowest BCUT2D eigenvalue weighted by atomic mass is 10.1. The molecule has 2 N–H and O–H groups in total. The number of hydrogen-bond acceptors (Lipinski definition) is 5. The van der Waals surface area contributed by atoms with Crippen LogP contribution in [0.5, 0.6) is 0 Å². The smallest absolute Gasteiger partial charge is 0.290 e. The number of hydrogen-bond donors (Lipinski definition) is 2. The van der Waals surface area contributed by atoms with Crippen molar-refractivity contribution in [1.82, 2.24) is 15.3 Å². The first-order valence-corrected chi connectivity index (χ1v) is 8.61. The Morgan fingerprint density at radius 3 is 2.35 bits per heavy atom. The average molecular weight is 357 g/mol. The van der Waals surface area contributed by atoms with Crippen molar-refractivity contribution in [3.63, 3.8) is 0 Å². The van der Waals surface area contributed by atoms with E-state index >= 15 is 0 Å². The quantitative estimate of drug-likeness (QED) is 0.647. The molecule has 7 nitrogen and oxygen atoms in total. The largest absolute Gasteiger partial charge is 0.459 e.